The van der Waals surface area contributed by atoms with Crippen LogP contribution in [0.15, 0.2) is 72.8 Å². The Kier molecular flexibility index (Phi) is 17.6. The number of carbonyl (C=O) groups is 4. The minimum absolute atomic E-state index is 0. The number of benzene rings is 4. The third-order valence-corrected chi connectivity index (χ3v) is 7.45. The van der Waals surface area contributed by atoms with Gasteiger partial charge >= 0.3 is 0 Å². The first-order valence-electron chi connectivity index (χ1n) is 17.2. The molecule has 2 aliphatic heterocycles. The van der Waals surface area contributed by atoms with E-state index in [-0.39, 0.29) is 53.9 Å². The van der Waals surface area contributed by atoms with Crippen molar-refractivity contribution in [1.29, 1.82) is 0 Å². The van der Waals surface area contributed by atoms with Gasteiger partial charge in [-0.05, 0) is 86.0 Å². The van der Waals surface area contributed by atoms with Crippen molar-refractivity contribution in [3.05, 3.63) is 112 Å². The van der Waals surface area contributed by atoms with Crippen molar-refractivity contribution < 1.29 is 25.7 Å². The lowest BCUT2D eigenvalue weighted by molar-refractivity contribution is 0.0874. The first kappa shape index (κ1) is 43.5. The molecule has 0 saturated carbocycles. The van der Waals surface area contributed by atoms with Crippen molar-refractivity contribution in [2.75, 3.05) is 10.2 Å². The average Bonchev–Trinajstić information content (AvgIpc) is 3.54. The first-order chi connectivity index (χ1) is 23.5. The molecular weight excluding hydrogens is 741 g/mol. The molecule has 1 atom stereocenters. The van der Waals surface area contributed by atoms with Gasteiger partial charge in [0.15, 0.2) is 0 Å². The van der Waals surface area contributed by atoms with Crippen LogP contribution in [0, 0.1) is 13.8 Å². The summed E-state index contributed by atoms with van der Waals surface area (Å²) in [5, 5.41) is 16.3. The molecule has 0 fully saturated rings. The largest absolute Gasteiger partial charge is 0.508 e. The zero-order chi connectivity index (χ0) is 37.0. The van der Waals surface area contributed by atoms with E-state index in [2.05, 4.69) is 30.5 Å². The molecule has 50 heavy (non-hydrogen) atoms. The Hall–Kier alpha value is -4.51. The number of hydrogen-bond acceptors (Lipinski definition) is 6. The predicted molar refractivity (Wildman–Crippen MR) is 218 cm³/mol. The van der Waals surface area contributed by atoms with Crippen molar-refractivity contribution in [3.8, 4) is 16.9 Å². The van der Waals surface area contributed by atoms with E-state index in [0.717, 1.165) is 21.7 Å². The number of carbonyl (C=O) groups excluding carboxylic acids is 4. The summed E-state index contributed by atoms with van der Waals surface area (Å²) >= 11 is 0. The fourth-order valence-electron chi connectivity index (χ4n) is 5.32. The van der Waals surface area contributed by atoms with E-state index in [1.807, 2.05) is 74.4 Å². The van der Waals surface area contributed by atoms with E-state index in [4.69, 9.17) is 0 Å². The Morgan fingerprint density at radius 2 is 1.22 bits per heavy atom. The summed E-state index contributed by atoms with van der Waals surface area (Å²) in [6.07, 6.45) is 1.25. The van der Waals surface area contributed by atoms with E-state index in [1.165, 1.54) is 12.5 Å². The Bertz CT molecular complexity index is 1830. The van der Waals surface area contributed by atoms with Crippen LogP contribution in [0.2, 0.25) is 0 Å². The molecule has 4 amide bonds. The molecule has 270 valence electrons. The number of aryl methyl sites for hydroxylation is 2. The molecule has 6 rings (SSSR count). The molecule has 2 heterocycles. The molecule has 2 aliphatic rings. The van der Waals surface area contributed by atoms with Crippen LogP contribution in [0.4, 0.5) is 11.4 Å². The monoisotopic (exact) mass is 795 g/mol. The highest BCUT2D eigenvalue weighted by molar-refractivity contribution is 14.0. The van der Waals surface area contributed by atoms with E-state index in [9.17, 15) is 24.3 Å². The summed E-state index contributed by atoms with van der Waals surface area (Å²) in [6.45, 7) is 22.2. The number of halogens is 1. The van der Waals surface area contributed by atoms with Gasteiger partial charge in [-0.25, -0.2) is 4.90 Å². The first-order valence-corrected chi connectivity index (χ1v) is 17.2. The van der Waals surface area contributed by atoms with Crippen LogP contribution >= 0.6 is 24.0 Å². The van der Waals surface area contributed by atoms with Gasteiger partial charge in [-0.3, -0.25) is 24.5 Å². The summed E-state index contributed by atoms with van der Waals surface area (Å²) < 4.78 is 0. The van der Waals surface area contributed by atoms with Crippen LogP contribution in [0.3, 0.4) is 0 Å². The summed E-state index contributed by atoms with van der Waals surface area (Å²) in [5.74, 6) is -1.81. The third-order valence-electron chi connectivity index (χ3n) is 7.45. The van der Waals surface area contributed by atoms with Gasteiger partial charge in [0.25, 0.3) is 23.6 Å². The highest BCUT2D eigenvalue weighted by Gasteiger charge is 2.37. The van der Waals surface area contributed by atoms with Gasteiger partial charge in [0.1, 0.15) is 5.75 Å². The Labute approximate surface area is 316 Å². The standard InChI is InChI=1S/C32H25N3O5.C3H8.3C2H6.HI.H2/c1-16-4-10-27(17(2)12-16)33-18(3)24-15-21(7-11-28(24)36)35-31(39)23-9-6-20(14-26(23)32(35)40)19-5-8-22-25(13-19)30(38)34-29(22)37;1-3-2;3*1-2;;/h4-15,18,33,36H,1-3H3,(H,34,37,38);3H2,1-2H3;3*1-2H3;2*1H. The molecule has 8 nitrogen and oxygen atoms in total. The molecule has 9 heteroatoms. The van der Waals surface area contributed by atoms with Gasteiger partial charge in [-0.15, -0.1) is 24.0 Å². The van der Waals surface area contributed by atoms with Gasteiger partial charge < -0.3 is 10.4 Å². The summed E-state index contributed by atoms with van der Waals surface area (Å²) in [7, 11) is 0. The molecule has 0 radical (unpaired) electrons. The summed E-state index contributed by atoms with van der Waals surface area (Å²) in [4.78, 5) is 52.0. The second-order valence-electron chi connectivity index (χ2n) is 10.9. The predicted octanol–water partition coefficient (Wildman–Crippen LogP) is 10.9. The van der Waals surface area contributed by atoms with Gasteiger partial charge in [-0.2, -0.15) is 0 Å². The molecule has 0 aromatic heterocycles. The van der Waals surface area contributed by atoms with Crippen LogP contribution in [0.5, 0.6) is 5.75 Å². The zero-order valence-corrected chi connectivity index (χ0v) is 33.5. The number of nitrogens with one attached hydrogen (secondary N) is 2. The number of phenolic OH excluding ortho intramolecular Hbond substituents is 1. The third kappa shape index (κ3) is 9.38. The van der Waals surface area contributed by atoms with Gasteiger partial charge in [0.05, 0.1) is 34.0 Å². The lowest BCUT2D eigenvalue weighted by Crippen LogP contribution is -2.29. The Morgan fingerprint density at radius 1 is 0.700 bits per heavy atom. The minimum Gasteiger partial charge on any atom is -0.508 e. The Balaban J connectivity index is 0.00000210. The molecule has 0 aliphatic carbocycles. The second-order valence-corrected chi connectivity index (χ2v) is 10.9. The molecule has 0 bridgehead atoms. The SMILES string of the molecule is CC.CC.CC.CCC.Cc1ccc(NC(C)c2cc(N3C(=O)c4ccc(-c5ccc6c(c5)C(=O)NC6=O)cc4C3=O)ccc2O)c(C)c1.I.[HH]. The quantitative estimate of drug-likeness (QED) is 0.137. The lowest BCUT2D eigenvalue weighted by Gasteiger charge is -2.21. The molecule has 4 aromatic rings. The van der Waals surface area contributed by atoms with Crippen LogP contribution in [0.25, 0.3) is 11.1 Å². The lowest BCUT2D eigenvalue weighted by atomic mass is 9.97. The number of rotatable bonds is 5. The van der Waals surface area contributed by atoms with Gasteiger partial charge in [0.2, 0.25) is 0 Å². The molecule has 0 spiro atoms. The fourth-order valence-corrected chi connectivity index (χ4v) is 5.32. The van der Waals surface area contributed by atoms with Crippen molar-refractivity contribution in [2.45, 2.75) is 88.6 Å². The van der Waals surface area contributed by atoms with Crippen LogP contribution in [-0.4, -0.2) is 28.7 Å². The van der Waals surface area contributed by atoms with E-state index < -0.39 is 23.6 Å². The molecule has 4 aromatic carbocycles. The number of anilines is 2. The minimum atomic E-state index is -0.484. The van der Waals surface area contributed by atoms with E-state index in [0.29, 0.717) is 27.9 Å². The van der Waals surface area contributed by atoms with Crippen LogP contribution in [-0.2, 0) is 0 Å². The normalized spacial score (nSPS) is 12.5. The zero-order valence-electron chi connectivity index (χ0n) is 31.1. The highest BCUT2D eigenvalue weighted by Crippen LogP contribution is 2.36. The molecular formula is C41H54IN3O5. The molecule has 3 N–H and O–H groups in total. The highest BCUT2D eigenvalue weighted by atomic mass is 127. The number of aromatic hydroxyl groups is 1. The van der Waals surface area contributed by atoms with Crippen LogP contribution in [0.1, 0.15) is 134 Å². The second kappa shape index (κ2) is 20.2. The van der Waals surface area contributed by atoms with Crippen molar-refractivity contribution in [2.24, 2.45) is 0 Å². The Morgan fingerprint density at radius 3 is 1.80 bits per heavy atom. The van der Waals surface area contributed by atoms with Crippen molar-refractivity contribution >= 4 is 59.0 Å². The van der Waals surface area contributed by atoms with Crippen molar-refractivity contribution in [3.63, 3.8) is 0 Å². The van der Waals surface area contributed by atoms with Crippen molar-refractivity contribution in [1.82, 2.24) is 5.32 Å². The maximum Gasteiger partial charge on any atom is 0.266 e. The summed E-state index contributed by atoms with van der Waals surface area (Å²) in [5.41, 5.74) is 6.37. The number of hydrogen-bond donors (Lipinski definition) is 3. The smallest absolute Gasteiger partial charge is 0.266 e. The maximum absolute atomic E-state index is 13.5. The number of phenols is 1. The van der Waals surface area contributed by atoms with Gasteiger partial charge in [0, 0.05) is 12.7 Å². The topological polar surface area (TPSA) is 116 Å². The van der Waals surface area contributed by atoms with E-state index >= 15 is 0 Å². The summed E-state index contributed by atoms with van der Waals surface area (Å²) in [6, 6.07) is 20.2. The average molecular weight is 796 g/mol. The molecule has 0 saturated heterocycles. The number of amides is 4. The van der Waals surface area contributed by atoms with Gasteiger partial charge in [-0.1, -0.05) is 91.6 Å². The fraction of sp³-hybridized carbons (Fsp3) is 0.317. The number of fused-ring (bicyclic) bond motifs is 2. The maximum atomic E-state index is 13.5. The number of imide groups is 2. The van der Waals surface area contributed by atoms with E-state index in [1.54, 1.807) is 48.5 Å². The number of nitrogens with zero attached hydrogens (tertiary/aromatic N) is 1. The van der Waals surface area contributed by atoms with Crippen LogP contribution < -0.4 is 15.5 Å². The molecule has 1 unspecified atom stereocenters.